The number of benzene rings is 3. The molecule has 2 saturated heterocycles. The number of carbonyl (C=O) groups is 2. The van der Waals surface area contributed by atoms with Gasteiger partial charge < -0.3 is 14.5 Å². The highest BCUT2D eigenvalue weighted by atomic mass is 32.2. The van der Waals surface area contributed by atoms with Crippen LogP contribution in [0, 0.1) is 0 Å². The van der Waals surface area contributed by atoms with Crippen molar-refractivity contribution in [2.75, 3.05) is 13.7 Å². The van der Waals surface area contributed by atoms with Crippen molar-refractivity contribution < 1.29 is 14.3 Å². The highest BCUT2D eigenvalue weighted by molar-refractivity contribution is 8.01. The van der Waals surface area contributed by atoms with Gasteiger partial charge in [-0.05, 0) is 68.5 Å². The summed E-state index contributed by atoms with van der Waals surface area (Å²) in [6.45, 7) is 5.03. The zero-order valence-electron chi connectivity index (χ0n) is 22.9. The Bertz CT molecular complexity index is 1290. The summed E-state index contributed by atoms with van der Waals surface area (Å²) in [6.07, 6.45) is 4.57. The maximum Gasteiger partial charge on any atom is 0.260 e. The molecule has 0 N–H and O–H groups in total. The number of nitrogens with zero attached hydrogens (tertiary/aromatic N) is 2. The van der Waals surface area contributed by atoms with Gasteiger partial charge in [-0.25, -0.2) is 0 Å². The molecule has 0 aromatic heterocycles. The minimum atomic E-state index is -1.13. The zero-order valence-corrected chi connectivity index (χ0v) is 23.7. The molecule has 0 spiro atoms. The van der Waals surface area contributed by atoms with E-state index in [-0.39, 0.29) is 11.8 Å². The molecule has 2 aliphatic rings. The molecule has 2 atom stereocenters. The van der Waals surface area contributed by atoms with Crippen LogP contribution in [-0.2, 0) is 22.6 Å². The first-order valence-corrected chi connectivity index (χ1v) is 14.4. The fourth-order valence-electron chi connectivity index (χ4n) is 5.79. The maximum atomic E-state index is 14.9. The van der Waals surface area contributed by atoms with Gasteiger partial charge in [0.2, 0.25) is 0 Å². The van der Waals surface area contributed by atoms with Gasteiger partial charge in [0.1, 0.15) is 11.3 Å². The molecule has 0 aliphatic carbocycles. The Balaban J connectivity index is 1.67. The summed E-state index contributed by atoms with van der Waals surface area (Å²) in [4.78, 5) is 33.4. The molecule has 2 heterocycles. The monoisotopic (exact) mass is 540 g/mol. The lowest BCUT2D eigenvalue weighted by Crippen LogP contribution is -2.74. The van der Waals surface area contributed by atoms with E-state index in [1.54, 1.807) is 7.11 Å². The first kappa shape index (κ1) is 27.1. The molecule has 0 radical (unpaired) electrons. The summed E-state index contributed by atoms with van der Waals surface area (Å²) < 4.78 is 5.37. The first-order chi connectivity index (χ1) is 18.9. The number of hydrogen-bond donors (Lipinski definition) is 0. The fraction of sp³-hybridized carbons (Fsp3) is 0.333. The quantitative estimate of drug-likeness (QED) is 0.291. The Morgan fingerprint density at radius 1 is 0.897 bits per heavy atom. The van der Waals surface area contributed by atoms with Crippen LogP contribution in [0.4, 0.5) is 0 Å². The summed E-state index contributed by atoms with van der Waals surface area (Å²) in [7, 11) is 1.64. The van der Waals surface area contributed by atoms with E-state index in [0.717, 1.165) is 33.8 Å². The third-order valence-electron chi connectivity index (χ3n) is 7.81. The molecule has 0 unspecified atom stereocenters. The van der Waals surface area contributed by atoms with Crippen LogP contribution in [0.5, 0.6) is 5.75 Å². The third kappa shape index (κ3) is 5.22. The number of piperazine rings is 1. The van der Waals surface area contributed by atoms with Crippen molar-refractivity contribution in [3.63, 3.8) is 0 Å². The largest absolute Gasteiger partial charge is 0.497 e. The van der Waals surface area contributed by atoms with E-state index in [9.17, 15) is 9.59 Å². The number of amides is 2. The Labute approximate surface area is 235 Å². The second kappa shape index (κ2) is 11.3. The molecule has 0 saturated carbocycles. The maximum absolute atomic E-state index is 14.9. The Kier molecular flexibility index (Phi) is 7.85. The van der Waals surface area contributed by atoms with E-state index in [1.165, 1.54) is 11.8 Å². The minimum absolute atomic E-state index is 0.0213. The van der Waals surface area contributed by atoms with E-state index < -0.39 is 10.4 Å². The highest BCUT2D eigenvalue weighted by Gasteiger charge is 2.64. The van der Waals surface area contributed by atoms with Crippen LogP contribution >= 0.6 is 11.8 Å². The summed E-state index contributed by atoms with van der Waals surface area (Å²) >= 11 is 1.50. The molecule has 39 heavy (non-hydrogen) atoms. The van der Waals surface area contributed by atoms with Crippen molar-refractivity contribution in [1.82, 2.24) is 9.80 Å². The van der Waals surface area contributed by atoms with Crippen molar-refractivity contribution in [2.45, 2.75) is 61.4 Å². The van der Waals surface area contributed by atoms with Crippen LogP contribution < -0.4 is 4.74 Å². The summed E-state index contributed by atoms with van der Waals surface area (Å²) in [6, 6.07) is 27.8. The van der Waals surface area contributed by atoms with Gasteiger partial charge in [-0.3, -0.25) is 9.59 Å². The van der Waals surface area contributed by atoms with E-state index in [1.807, 2.05) is 109 Å². The van der Waals surface area contributed by atoms with Crippen molar-refractivity contribution >= 4 is 23.6 Å². The average molecular weight is 541 g/mol. The number of carbonyl (C=O) groups excluding carboxylic acids is 2. The predicted octanol–water partition coefficient (Wildman–Crippen LogP) is 6.49. The van der Waals surface area contributed by atoms with Gasteiger partial charge in [0.05, 0.1) is 7.11 Å². The van der Waals surface area contributed by atoms with Gasteiger partial charge in [-0.1, -0.05) is 84.1 Å². The van der Waals surface area contributed by atoms with Crippen LogP contribution in [-0.4, -0.2) is 45.7 Å². The second-order valence-corrected chi connectivity index (χ2v) is 12.0. The van der Waals surface area contributed by atoms with Crippen molar-refractivity contribution in [1.29, 1.82) is 0 Å². The van der Waals surface area contributed by atoms with Gasteiger partial charge in [-0.2, -0.15) is 0 Å². The molecule has 2 aliphatic heterocycles. The Morgan fingerprint density at radius 3 is 2.21 bits per heavy atom. The van der Waals surface area contributed by atoms with Crippen LogP contribution in [0.25, 0.3) is 0 Å². The zero-order chi connectivity index (χ0) is 27.5. The van der Waals surface area contributed by atoms with E-state index in [2.05, 4.69) is 6.08 Å². The summed E-state index contributed by atoms with van der Waals surface area (Å²) in [5, 5.41) is 0. The van der Waals surface area contributed by atoms with Crippen LogP contribution in [0.15, 0.2) is 101 Å². The molecular weight excluding hydrogens is 504 g/mol. The van der Waals surface area contributed by atoms with Crippen LogP contribution in [0.3, 0.4) is 0 Å². The molecule has 5 nitrogen and oxygen atoms in total. The van der Waals surface area contributed by atoms with Crippen molar-refractivity contribution in [3.05, 3.63) is 108 Å². The van der Waals surface area contributed by atoms with Crippen LogP contribution in [0.1, 0.15) is 44.2 Å². The number of allylic oxidation sites excluding steroid dienone is 1. The molecule has 2 fully saturated rings. The van der Waals surface area contributed by atoms with E-state index in [0.29, 0.717) is 32.4 Å². The number of ether oxygens (including phenoxy) is 1. The smallest absolute Gasteiger partial charge is 0.260 e. The third-order valence-corrected chi connectivity index (χ3v) is 9.20. The molecule has 3 aromatic carbocycles. The van der Waals surface area contributed by atoms with Gasteiger partial charge in [0, 0.05) is 24.4 Å². The lowest BCUT2D eigenvalue weighted by molar-refractivity contribution is -0.171. The molecule has 202 valence electrons. The predicted molar refractivity (Wildman–Crippen MR) is 156 cm³/mol. The molecule has 5 rings (SSSR count). The average Bonchev–Trinajstić information content (AvgIpc) is 3.40. The minimum Gasteiger partial charge on any atom is -0.497 e. The molecule has 3 aromatic rings. The molecular formula is C33H36N2O3S. The number of fused-ring (bicyclic) bond motifs is 1. The second-order valence-electron chi connectivity index (χ2n) is 10.7. The molecule has 0 bridgehead atoms. The topological polar surface area (TPSA) is 49.9 Å². The highest BCUT2D eigenvalue weighted by Crippen LogP contribution is 2.50. The lowest BCUT2D eigenvalue weighted by Gasteiger charge is -2.55. The van der Waals surface area contributed by atoms with E-state index >= 15 is 0 Å². The number of thioether (sulfide) groups is 1. The Hall–Kier alpha value is -3.51. The molecule has 2 amide bonds. The SMILES string of the molecule is COc1ccc(CN2C(=O)[C@]3(CC=C(C)C)CCCN3C(=O)[C@]2(Cc2ccccc2)Sc2ccccc2)cc1. The van der Waals surface area contributed by atoms with Gasteiger partial charge in [-0.15, -0.1) is 0 Å². The van der Waals surface area contributed by atoms with Crippen molar-refractivity contribution in [2.24, 2.45) is 0 Å². The van der Waals surface area contributed by atoms with Gasteiger partial charge >= 0.3 is 0 Å². The number of hydrogen-bond acceptors (Lipinski definition) is 4. The number of rotatable bonds is 9. The van der Waals surface area contributed by atoms with Crippen molar-refractivity contribution in [3.8, 4) is 5.75 Å². The summed E-state index contributed by atoms with van der Waals surface area (Å²) in [5.41, 5.74) is 2.29. The lowest BCUT2D eigenvalue weighted by atomic mass is 9.84. The summed E-state index contributed by atoms with van der Waals surface area (Å²) in [5.74, 6) is 0.816. The van der Waals surface area contributed by atoms with E-state index in [4.69, 9.17) is 4.74 Å². The standard InChI is InChI=1S/C33H36N2O3S/c1-25(2)19-21-32-20-10-22-34(32)31(37)33(23-26-11-6-4-7-12-26,39-29-13-8-5-9-14-29)35(30(32)36)24-27-15-17-28(38-3)18-16-27/h4-9,11-19H,10,20-24H2,1-3H3/t32-,33+/m1/s1. The Morgan fingerprint density at radius 2 is 1.56 bits per heavy atom. The van der Waals surface area contributed by atoms with Crippen LogP contribution in [0.2, 0.25) is 0 Å². The first-order valence-electron chi connectivity index (χ1n) is 13.6. The van der Waals surface area contributed by atoms with Gasteiger partial charge in [0.25, 0.3) is 11.8 Å². The fourth-order valence-corrected chi connectivity index (χ4v) is 7.16. The normalized spacial score (nSPS) is 22.5. The number of methoxy groups -OCH3 is 1. The van der Waals surface area contributed by atoms with Gasteiger partial charge in [0.15, 0.2) is 4.87 Å². The molecule has 6 heteroatoms.